The van der Waals surface area contributed by atoms with Crippen LogP contribution >= 0.6 is 0 Å². The maximum absolute atomic E-state index is 13.3. The van der Waals surface area contributed by atoms with Crippen molar-refractivity contribution in [2.75, 3.05) is 0 Å². The van der Waals surface area contributed by atoms with Gasteiger partial charge in [0.05, 0.1) is 5.92 Å². The van der Waals surface area contributed by atoms with Crippen LogP contribution in [0.15, 0.2) is 18.2 Å². The predicted octanol–water partition coefficient (Wildman–Crippen LogP) is 3.09. The summed E-state index contributed by atoms with van der Waals surface area (Å²) in [6.45, 7) is 0. The fraction of sp³-hybridized carbons (Fsp3) is 0.500. The number of carboxylic acid groups (broad SMARTS) is 1. The van der Waals surface area contributed by atoms with Crippen molar-refractivity contribution < 1.29 is 19.0 Å². The van der Waals surface area contributed by atoms with Gasteiger partial charge in [0.25, 0.3) is 0 Å². The van der Waals surface area contributed by atoms with Gasteiger partial charge in [-0.25, -0.2) is 4.39 Å². The molecule has 0 radical (unpaired) electrons. The topological polar surface area (TPSA) is 46.5 Å². The summed E-state index contributed by atoms with van der Waals surface area (Å²) in [6, 6.07) is 4.17. The van der Waals surface area contributed by atoms with Gasteiger partial charge in [-0.3, -0.25) is 4.79 Å². The number of carboxylic acids is 1. The summed E-state index contributed by atoms with van der Waals surface area (Å²) in [7, 11) is 0. The number of benzene rings is 1. The Hall–Kier alpha value is -1.58. The fourth-order valence-electron chi connectivity index (χ4n) is 3.19. The first kappa shape index (κ1) is 11.5. The molecule has 2 aliphatic rings. The lowest BCUT2D eigenvalue weighted by molar-refractivity contribution is -0.141. The third kappa shape index (κ3) is 1.76. The molecule has 1 fully saturated rings. The van der Waals surface area contributed by atoms with Crippen LogP contribution in [0.25, 0.3) is 0 Å². The van der Waals surface area contributed by atoms with Gasteiger partial charge in [-0.2, -0.15) is 0 Å². The molecule has 3 nitrogen and oxygen atoms in total. The third-order valence-electron chi connectivity index (χ3n) is 4.06. The monoisotopic (exact) mass is 250 g/mol. The Bertz CT molecular complexity index is 492. The zero-order valence-electron chi connectivity index (χ0n) is 9.99. The number of hydrogen-bond acceptors (Lipinski definition) is 2. The quantitative estimate of drug-likeness (QED) is 0.833. The van der Waals surface area contributed by atoms with Gasteiger partial charge < -0.3 is 9.84 Å². The molecule has 0 amide bonds. The number of fused-ring (bicyclic) bond motifs is 1. The van der Waals surface area contributed by atoms with Crippen LogP contribution in [-0.4, -0.2) is 16.7 Å². The van der Waals surface area contributed by atoms with Gasteiger partial charge in [-0.15, -0.1) is 0 Å². The molecule has 1 aromatic rings. The van der Waals surface area contributed by atoms with E-state index in [1.165, 1.54) is 12.1 Å². The molecule has 1 saturated carbocycles. The second kappa shape index (κ2) is 3.97. The molecule has 1 unspecified atom stereocenters. The minimum atomic E-state index is -0.892. The van der Waals surface area contributed by atoms with E-state index in [9.17, 15) is 14.3 Å². The molecule has 0 aromatic heterocycles. The lowest BCUT2D eigenvalue weighted by Crippen LogP contribution is -2.40. The Morgan fingerprint density at radius 3 is 2.78 bits per heavy atom. The molecule has 1 atom stereocenters. The number of ether oxygens (including phenoxy) is 1. The molecule has 3 rings (SSSR count). The maximum atomic E-state index is 13.3. The Balaban J connectivity index is 2.05. The molecule has 1 aliphatic heterocycles. The molecular weight excluding hydrogens is 235 g/mol. The highest BCUT2D eigenvalue weighted by Gasteiger charge is 2.45. The van der Waals surface area contributed by atoms with Crippen molar-refractivity contribution in [1.82, 2.24) is 0 Å². The van der Waals surface area contributed by atoms with Gasteiger partial charge in [0.15, 0.2) is 0 Å². The summed E-state index contributed by atoms with van der Waals surface area (Å²) in [5, 5.41) is 9.34. The van der Waals surface area contributed by atoms with E-state index in [1.54, 1.807) is 6.07 Å². The number of hydrogen-bond donors (Lipinski definition) is 1. The number of carbonyl (C=O) groups is 1. The van der Waals surface area contributed by atoms with Gasteiger partial charge in [-0.1, -0.05) is 0 Å². The van der Waals surface area contributed by atoms with E-state index in [0.29, 0.717) is 17.7 Å². The highest BCUT2D eigenvalue weighted by molar-refractivity contribution is 5.78. The van der Waals surface area contributed by atoms with Crippen molar-refractivity contribution in [1.29, 1.82) is 0 Å². The molecule has 18 heavy (non-hydrogen) atoms. The smallest absolute Gasteiger partial charge is 0.311 e. The lowest BCUT2D eigenvalue weighted by atomic mass is 9.81. The van der Waals surface area contributed by atoms with E-state index >= 15 is 0 Å². The van der Waals surface area contributed by atoms with Crippen molar-refractivity contribution >= 4 is 5.97 Å². The second-order valence-corrected chi connectivity index (χ2v) is 5.27. The largest absolute Gasteiger partial charge is 0.487 e. The average Bonchev–Trinajstić information content (AvgIpc) is 2.77. The van der Waals surface area contributed by atoms with Crippen LogP contribution < -0.4 is 4.74 Å². The third-order valence-corrected chi connectivity index (χ3v) is 4.06. The second-order valence-electron chi connectivity index (χ2n) is 5.27. The van der Waals surface area contributed by atoms with E-state index in [-0.39, 0.29) is 5.60 Å². The van der Waals surface area contributed by atoms with Crippen LogP contribution in [0, 0.1) is 5.82 Å². The van der Waals surface area contributed by atoms with Crippen LogP contribution in [0.3, 0.4) is 0 Å². The standard InChI is InChI=1S/C14H15FO3/c15-9-3-4-12-10(7-9)11(13(16)17)8-14(18-12)5-1-2-6-14/h3-4,7,11H,1-2,5-6,8H2,(H,16,17). The zero-order chi connectivity index (χ0) is 12.8. The molecule has 1 heterocycles. The van der Waals surface area contributed by atoms with Gasteiger partial charge in [0, 0.05) is 12.0 Å². The first-order chi connectivity index (χ1) is 8.60. The van der Waals surface area contributed by atoms with Gasteiger partial charge in [0.1, 0.15) is 17.2 Å². The maximum Gasteiger partial charge on any atom is 0.311 e. The normalized spacial score (nSPS) is 24.6. The summed E-state index contributed by atoms with van der Waals surface area (Å²) in [6.07, 6.45) is 4.39. The van der Waals surface area contributed by atoms with E-state index in [2.05, 4.69) is 0 Å². The van der Waals surface area contributed by atoms with Crippen LogP contribution in [0.1, 0.15) is 43.6 Å². The summed E-state index contributed by atoms with van der Waals surface area (Å²) >= 11 is 0. The van der Waals surface area contributed by atoms with Gasteiger partial charge in [-0.05, 0) is 43.9 Å². The van der Waals surface area contributed by atoms with Crippen LogP contribution in [0.2, 0.25) is 0 Å². The minimum Gasteiger partial charge on any atom is -0.487 e. The van der Waals surface area contributed by atoms with E-state index in [4.69, 9.17) is 4.74 Å². The molecule has 0 saturated heterocycles. The van der Waals surface area contributed by atoms with E-state index in [0.717, 1.165) is 25.7 Å². The summed E-state index contributed by atoms with van der Waals surface area (Å²) in [4.78, 5) is 11.4. The Morgan fingerprint density at radius 2 is 2.11 bits per heavy atom. The summed E-state index contributed by atoms with van der Waals surface area (Å²) < 4.78 is 19.2. The SMILES string of the molecule is O=C(O)C1CC2(CCCC2)Oc2ccc(F)cc21. The predicted molar refractivity (Wildman–Crippen MR) is 63.2 cm³/mol. The van der Waals surface area contributed by atoms with Crippen LogP contribution in [-0.2, 0) is 4.79 Å². The minimum absolute atomic E-state index is 0.339. The molecule has 1 N–H and O–H groups in total. The molecule has 4 heteroatoms. The molecule has 0 bridgehead atoms. The van der Waals surface area contributed by atoms with Crippen molar-refractivity contribution in [3.8, 4) is 5.75 Å². The molecule has 96 valence electrons. The highest BCUT2D eigenvalue weighted by atomic mass is 19.1. The highest BCUT2D eigenvalue weighted by Crippen LogP contribution is 2.48. The molecule has 1 aliphatic carbocycles. The summed E-state index contributed by atoms with van der Waals surface area (Å²) in [5.74, 6) is -1.41. The average molecular weight is 250 g/mol. The number of aliphatic carboxylic acids is 1. The van der Waals surface area contributed by atoms with Crippen molar-refractivity contribution in [2.45, 2.75) is 43.6 Å². The molecular formula is C14H15FO3. The first-order valence-electron chi connectivity index (χ1n) is 6.31. The lowest BCUT2D eigenvalue weighted by Gasteiger charge is -2.38. The van der Waals surface area contributed by atoms with Crippen molar-refractivity contribution in [3.05, 3.63) is 29.6 Å². The Kier molecular flexibility index (Phi) is 2.54. The Labute approximate surface area is 105 Å². The van der Waals surface area contributed by atoms with E-state index in [1.807, 2.05) is 0 Å². The first-order valence-corrected chi connectivity index (χ1v) is 6.31. The van der Waals surface area contributed by atoms with Crippen molar-refractivity contribution in [2.24, 2.45) is 0 Å². The van der Waals surface area contributed by atoms with Crippen LogP contribution in [0.4, 0.5) is 4.39 Å². The number of halogens is 1. The Morgan fingerprint density at radius 1 is 1.39 bits per heavy atom. The van der Waals surface area contributed by atoms with Crippen molar-refractivity contribution in [3.63, 3.8) is 0 Å². The zero-order valence-corrected chi connectivity index (χ0v) is 9.99. The molecule has 1 spiro atoms. The van der Waals surface area contributed by atoms with E-state index < -0.39 is 17.7 Å². The van der Waals surface area contributed by atoms with Gasteiger partial charge >= 0.3 is 5.97 Å². The van der Waals surface area contributed by atoms with Gasteiger partial charge in [0.2, 0.25) is 0 Å². The summed E-state index contributed by atoms with van der Waals surface area (Å²) in [5.41, 5.74) is 0.133. The van der Waals surface area contributed by atoms with Crippen LogP contribution in [0.5, 0.6) is 5.75 Å². The molecule has 1 aromatic carbocycles. The fourth-order valence-corrected chi connectivity index (χ4v) is 3.19. The number of rotatable bonds is 1.